The number of hydrogen-bond acceptors (Lipinski definition) is 4. The summed E-state index contributed by atoms with van der Waals surface area (Å²) in [5, 5.41) is 0.900. The molecule has 0 aliphatic carbocycles. The zero-order valence-electron chi connectivity index (χ0n) is 17.2. The summed E-state index contributed by atoms with van der Waals surface area (Å²) in [5.41, 5.74) is 0.600. The van der Waals surface area contributed by atoms with Crippen LogP contribution in [0.3, 0.4) is 0 Å². The molecule has 1 unspecified atom stereocenters. The Morgan fingerprint density at radius 2 is 1.91 bits per heavy atom. The van der Waals surface area contributed by atoms with E-state index in [9.17, 15) is 17.6 Å². The minimum absolute atomic E-state index is 0.0103. The maximum absolute atomic E-state index is 13.2. The molecule has 33 heavy (non-hydrogen) atoms. The van der Waals surface area contributed by atoms with Gasteiger partial charge in [-0.05, 0) is 49.2 Å². The number of nitrogens with zero attached hydrogens (tertiary/aromatic N) is 3. The lowest BCUT2D eigenvalue weighted by Crippen LogP contribution is -2.42. The molecule has 0 radical (unpaired) electrons. The van der Waals surface area contributed by atoms with Crippen LogP contribution >= 0.6 is 34.5 Å². The van der Waals surface area contributed by atoms with Crippen molar-refractivity contribution in [2.75, 3.05) is 13.1 Å². The van der Waals surface area contributed by atoms with Crippen molar-refractivity contribution < 1.29 is 17.6 Å². The van der Waals surface area contributed by atoms with Gasteiger partial charge in [0.2, 0.25) is 10.0 Å². The number of rotatable bonds is 4. The maximum Gasteiger partial charge on any atom is 0.252 e. The Morgan fingerprint density at radius 1 is 1.21 bits per heavy atom. The lowest BCUT2D eigenvalue weighted by atomic mass is 9.99. The fraction of sp³-hybridized carbons (Fsp3) is 0.273. The van der Waals surface area contributed by atoms with Crippen molar-refractivity contribution in [2.45, 2.75) is 24.3 Å². The van der Waals surface area contributed by atoms with Gasteiger partial charge in [-0.2, -0.15) is 9.30 Å². The highest BCUT2D eigenvalue weighted by atomic mass is 35.5. The molecular formula is C22H18Cl2FN3O3S2. The molecule has 172 valence electrons. The third-order valence-electron chi connectivity index (χ3n) is 5.37. The van der Waals surface area contributed by atoms with Crippen molar-refractivity contribution in [3.05, 3.63) is 57.1 Å². The number of fused-ring (bicyclic) bond motifs is 1. The number of amides is 1. The van der Waals surface area contributed by atoms with Gasteiger partial charge in [0.25, 0.3) is 5.91 Å². The molecule has 1 fully saturated rings. The first-order valence-corrected chi connectivity index (χ1v) is 13.0. The first-order chi connectivity index (χ1) is 15.7. The van der Waals surface area contributed by atoms with Crippen molar-refractivity contribution in [2.24, 2.45) is 10.9 Å². The molecule has 1 aliphatic rings. The fourth-order valence-electron chi connectivity index (χ4n) is 3.74. The number of thiazole rings is 1. The summed E-state index contributed by atoms with van der Waals surface area (Å²) < 4.78 is 42.7. The van der Waals surface area contributed by atoms with E-state index in [2.05, 4.69) is 10.9 Å². The number of halogens is 3. The molecular weight excluding hydrogens is 508 g/mol. The van der Waals surface area contributed by atoms with Gasteiger partial charge in [-0.25, -0.2) is 12.8 Å². The van der Waals surface area contributed by atoms with E-state index in [1.807, 2.05) is 0 Å². The van der Waals surface area contributed by atoms with E-state index in [1.54, 1.807) is 16.7 Å². The molecule has 0 spiro atoms. The average molecular weight is 526 g/mol. The molecule has 11 heteroatoms. The summed E-state index contributed by atoms with van der Waals surface area (Å²) in [6.07, 6.45) is 6.51. The molecule has 1 aromatic heterocycles. The highest BCUT2D eigenvalue weighted by Gasteiger charge is 2.33. The Labute approximate surface area is 204 Å². The Balaban J connectivity index is 1.66. The molecule has 0 bridgehead atoms. The van der Waals surface area contributed by atoms with Crippen molar-refractivity contribution >= 4 is 60.7 Å². The molecule has 1 atom stereocenters. The highest BCUT2D eigenvalue weighted by Crippen LogP contribution is 2.32. The van der Waals surface area contributed by atoms with Crippen LogP contribution in [-0.2, 0) is 21.4 Å². The van der Waals surface area contributed by atoms with Crippen LogP contribution in [0, 0.1) is 24.1 Å². The number of benzene rings is 2. The molecule has 0 N–H and O–H groups in total. The van der Waals surface area contributed by atoms with Gasteiger partial charge in [-0.3, -0.25) is 4.79 Å². The number of terminal acetylenes is 1. The normalized spacial score (nSPS) is 17.9. The van der Waals surface area contributed by atoms with Gasteiger partial charge in [0, 0.05) is 13.1 Å². The predicted octanol–water partition coefficient (Wildman–Crippen LogP) is 4.31. The monoisotopic (exact) mass is 525 g/mol. The quantitative estimate of drug-likeness (QED) is 0.476. The van der Waals surface area contributed by atoms with Crippen LogP contribution in [0.1, 0.15) is 12.8 Å². The van der Waals surface area contributed by atoms with Gasteiger partial charge in [0.1, 0.15) is 5.82 Å². The third-order valence-corrected chi connectivity index (χ3v) is 9.09. The average Bonchev–Trinajstić information content (AvgIpc) is 3.16. The van der Waals surface area contributed by atoms with E-state index in [4.69, 9.17) is 29.6 Å². The first kappa shape index (κ1) is 23.9. The second-order valence-corrected chi connectivity index (χ2v) is 11.2. The minimum atomic E-state index is -3.86. The van der Waals surface area contributed by atoms with E-state index in [-0.39, 0.29) is 24.5 Å². The Morgan fingerprint density at radius 3 is 2.61 bits per heavy atom. The van der Waals surface area contributed by atoms with Crippen LogP contribution in [0.15, 0.2) is 46.3 Å². The number of carbonyl (C=O) groups is 1. The summed E-state index contributed by atoms with van der Waals surface area (Å²) >= 11 is 13.8. The summed E-state index contributed by atoms with van der Waals surface area (Å²) in [5.74, 6) is 0.942. The van der Waals surface area contributed by atoms with Crippen LogP contribution in [0.25, 0.3) is 10.2 Å². The molecule has 2 aromatic carbocycles. The zero-order valence-corrected chi connectivity index (χ0v) is 20.3. The van der Waals surface area contributed by atoms with E-state index in [0.29, 0.717) is 37.9 Å². The van der Waals surface area contributed by atoms with E-state index < -0.39 is 27.7 Å². The Hall–Kier alpha value is -2.22. The van der Waals surface area contributed by atoms with Crippen LogP contribution in [-0.4, -0.2) is 36.3 Å². The number of aromatic nitrogens is 1. The molecule has 6 nitrogen and oxygen atoms in total. The van der Waals surface area contributed by atoms with E-state index in [0.717, 1.165) is 12.1 Å². The van der Waals surface area contributed by atoms with Crippen molar-refractivity contribution in [3.8, 4) is 12.3 Å². The standard InChI is InChI=1S/C22H18Cl2FN3O3S2/c1-2-11-28-19-17(23)9-10-18(24)20(19)32-22(28)26-21(29)14-4-3-12-27(13-14)33(30,31)16-7-5-15(25)6-8-16/h1,5-10,14H,3-4,11-13H2. The first-order valence-electron chi connectivity index (χ1n) is 9.97. The summed E-state index contributed by atoms with van der Waals surface area (Å²) in [6, 6.07) is 7.93. The smallest absolute Gasteiger partial charge is 0.252 e. The molecule has 1 saturated heterocycles. The van der Waals surface area contributed by atoms with E-state index >= 15 is 0 Å². The van der Waals surface area contributed by atoms with Crippen LogP contribution in [0.5, 0.6) is 0 Å². The van der Waals surface area contributed by atoms with Gasteiger partial charge >= 0.3 is 0 Å². The van der Waals surface area contributed by atoms with Crippen molar-refractivity contribution in [1.82, 2.24) is 8.87 Å². The lowest BCUT2D eigenvalue weighted by molar-refractivity contribution is -0.122. The Kier molecular flexibility index (Phi) is 6.93. The van der Waals surface area contributed by atoms with Gasteiger partial charge < -0.3 is 4.57 Å². The van der Waals surface area contributed by atoms with Crippen LogP contribution in [0.4, 0.5) is 4.39 Å². The zero-order chi connectivity index (χ0) is 23.8. The number of carbonyl (C=O) groups excluding carboxylic acids is 1. The van der Waals surface area contributed by atoms with Gasteiger partial charge in [0.05, 0.1) is 37.6 Å². The fourth-order valence-corrected chi connectivity index (χ4v) is 6.91. The van der Waals surface area contributed by atoms with Crippen LogP contribution in [0.2, 0.25) is 10.0 Å². The third kappa shape index (κ3) is 4.72. The molecule has 2 heterocycles. The van der Waals surface area contributed by atoms with E-state index in [1.165, 1.54) is 27.8 Å². The van der Waals surface area contributed by atoms with Gasteiger partial charge in [-0.15, -0.1) is 6.42 Å². The predicted molar refractivity (Wildman–Crippen MR) is 127 cm³/mol. The number of hydrogen-bond donors (Lipinski definition) is 0. The Bertz CT molecular complexity index is 1440. The summed E-state index contributed by atoms with van der Waals surface area (Å²) in [4.78, 5) is 17.7. The summed E-state index contributed by atoms with van der Waals surface area (Å²) in [6.45, 7) is 0.403. The molecule has 4 rings (SSSR count). The second kappa shape index (κ2) is 9.57. The highest BCUT2D eigenvalue weighted by molar-refractivity contribution is 7.89. The molecule has 1 amide bonds. The number of piperidine rings is 1. The number of sulfonamides is 1. The molecule has 3 aromatic rings. The van der Waals surface area contributed by atoms with Gasteiger partial charge in [0.15, 0.2) is 4.80 Å². The summed E-state index contributed by atoms with van der Waals surface area (Å²) in [7, 11) is -3.86. The largest absolute Gasteiger partial charge is 0.303 e. The van der Waals surface area contributed by atoms with Crippen LogP contribution < -0.4 is 4.80 Å². The molecule has 1 aliphatic heterocycles. The molecule has 0 saturated carbocycles. The van der Waals surface area contributed by atoms with Gasteiger partial charge in [-0.1, -0.05) is 40.5 Å². The topological polar surface area (TPSA) is 71.7 Å². The van der Waals surface area contributed by atoms with Crippen molar-refractivity contribution in [1.29, 1.82) is 0 Å². The minimum Gasteiger partial charge on any atom is -0.303 e. The second-order valence-electron chi connectivity index (χ2n) is 7.49. The van der Waals surface area contributed by atoms with Crippen molar-refractivity contribution in [3.63, 3.8) is 0 Å². The maximum atomic E-state index is 13.2. The lowest BCUT2D eigenvalue weighted by Gasteiger charge is -2.30. The SMILES string of the molecule is C#CCn1c(=NC(=O)C2CCCN(S(=O)(=O)c3ccc(F)cc3)C2)sc2c(Cl)ccc(Cl)c21.